The van der Waals surface area contributed by atoms with Gasteiger partial charge in [-0.15, -0.1) is 0 Å². The van der Waals surface area contributed by atoms with Crippen LogP contribution in [0.15, 0.2) is 49.1 Å². The van der Waals surface area contributed by atoms with Gasteiger partial charge in [0.15, 0.2) is 0 Å². The van der Waals surface area contributed by atoms with Crippen molar-refractivity contribution in [2.75, 3.05) is 18.1 Å². The van der Waals surface area contributed by atoms with E-state index < -0.39 is 17.8 Å². The van der Waals surface area contributed by atoms with E-state index in [2.05, 4.69) is 16.5 Å². The van der Waals surface area contributed by atoms with E-state index in [0.29, 0.717) is 52.1 Å². The van der Waals surface area contributed by atoms with E-state index >= 15 is 0 Å². The second-order valence-electron chi connectivity index (χ2n) is 7.31. The summed E-state index contributed by atoms with van der Waals surface area (Å²) < 4.78 is 10.8. The number of hydrogen-bond donors (Lipinski definition) is 0. The summed E-state index contributed by atoms with van der Waals surface area (Å²) in [6.07, 6.45) is 1.59. The zero-order valence-electron chi connectivity index (χ0n) is 17.8. The molecule has 4 rings (SSSR count). The molecule has 0 bridgehead atoms. The molecule has 0 atom stereocenters. The van der Waals surface area contributed by atoms with Crippen molar-refractivity contribution >= 4 is 34.5 Å². The lowest BCUT2D eigenvalue weighted by atomic mass is 9.93. The van der Waals surface area contributed by atoms with Gasteiger partial charge in [-0.25, -0.2) is 19.7 Å². The molecule has 2 heterocycles. The molecule has 32 heavy (non-hydrogen) atoms. The van der Waals surface area contributed by atoms with Crippen LogP contribution >= 0.6 is 0 Å². The van der Waals surface area contributed by atoms with Gasteiger partial charge in [-0.1, -0.05) is 18.7 Å². The van der Waals surface area contributed by atoms with Crippen molar-refractivity contribution in [1.29, 1.82) is 0 Å². The SMILES string of the molecule is C=CC(=O)OCCCOc1ccc2c3c(cccc13)C(=O)N(c1nc(C)cc(C)n1)C2=O. The number of hydrogen-bond acceptors (Lipinski definition) is 7. The number of aromatic nitrogens is 2. The molecule has 0 N–H and O–H groups in total. The molecule has 2 aromatic carbocycles. The summed E-state index contributed by atoms with van der Waals surface area (Å²) in [4.78, 5) is 47.2. The molecule has 8 nitrogen and oxygen atoms in total. The summed E-state index contributed by atoms with van der Waals surface area (Å²) in [5.74, 6) is -0.842. The normalized spacial score (nSPS) is 12.8. The lowest BCUT2D eigenvalue weighted by Crippen LogP contribution is -2.41. The zero-order chi connectivity index (χ0) is 22.8. The minimum Gasteiger partial charge on any atom is -0.493 e. The van der Waals surface area contributed by atoms with E-state index in [-0.39, 0.29) is 12.6 Å². The fourth-order valence-corrected chi connectivity index (χ4v) is 3.66. The van der Waals surface area contributed by atoms with Gasteiger partial charge in [0.25, 0.3) is 11.8 Å². The van der Waals surface area contributed by atoms with Crippen LogP contribution in [0.3, 0.4) is 0 Å². The zero-order valence-corrected chi connectivity index (χ0v) is 17.8. The van der Waals surface area contributed by atoms with Crippen molar-refractivity contribution in [3.05, 3.63) is 71.6 Å². The number of rotatable bonds is 7. The van der Waals surface area contributed by atoms with Gasteiger partial charge in [0.1, 0.15) is 5.75 Å². The summed E-state index contributed by atoms with van der Waals surface area (Å²) in [5.41, 5.74) is 2.09. The van der Waals surface area contributed by atoms with Crippen LogP contribution < -0.4 is 9.64 Å². The minimum atomic E-state index is -0.485. The predicted octanol–water partition coefficient (Wildman–Crippen LogP) is 3.55. The van der Waals surface area contributed by atoms with E-state index in [1.54, 1.807) is 50.2 Å². The lowest BCUT2D eigenvalue weighted by Gasteiger charge is -2.26. The Bertz CT molecular complexity index is 1230. The number of carbonyl (C=O) groups is 3. The third-order valence-electron chi connectivity index (χ3n) is 5.00. The van der Waals surface area contributed by atoms with E-state index in [0.717, 1.165) is 11.0 Å². The smallest absolute Gasteiger partial charge is 0.330 e. The van der Waals surface area contributed by atoms with Crippen LogP contribution in [0.2, 0.25) is 0 Å². The minimum absolute atomic E-state index is 0.0644. The number of carbonyl (C=O) groups excluding carboxylic acids is 3. The lowest BCUT2D eigenvalue weighted by molar-refractivity contribution is -0.137. The van der Waals surface area contributed by atoms with Crippen molar-refractivity contribution in [3.63, 3.8) is 0 Å². The highest BCUT2D eigenvalue weighted by molar-refractivity contribution is 6.35. The van der Waals surface area contributed by atoms with Crippen LogP contribution in [0.4, 0.5) is 5.95 Å². The number of anilines is 1. The number of nitrogens with zero attached hydrogens (tertiary/aromatic N) is 3. The summed E-state index contributed by atoms with van der Waals surface area (Å²) in [6, 6.07) is 10.3. The standard InChI is InChI=1S/C24H21N3O5/c1-4-20(28)32-12-6-11-31-19-10-9-18-21-16(19)7-5-8-17(21)22(29)27(23(18)30)24-25-14(2)13-15(3)26-24/h4-5,7-10,13H,1,6,11-12H2,2-3H3. The second-order valence-corrected chi connectivity index (χ2v) is 7.31. The largest absolute Gasteiger partial charge is 0.493 e. The Morgan fingerprint density at radius 1 is 1.03 bits per heavy atom. The molecule has 0 aliphatic carbocycles. The molecule has 0 saturated carbocycles. The Hall–Kier alpha value is -4.07. The summed E-state index contributed by atoms with van der Waals surface area (Å²) in [7, 11) is 0. The van der Waals surface area contributed by atoms with Gasteiger partial charge in [0.05, 0.1) is 13.2 Å². The van der Waals surface area contributed by atoms with Crippen LogP contribution in [0, 0.1) is 13.8 Å². The molecule has 0 spiro atoms. The van der Waals surface area contributed by atoms with Gasteiger partial charge < -0.3 is 9.47 Å². The first-order chi connectivity index (χ1) is 15.4. The third kappa shape index (κ3) is 3.82. The number of aryl methyl sites for hydroxylation is 2. The Kier molecular flexibility index (Phi) is 5.68. The van der Waals surface area contributed by atoms with Crippen molar-refractivity contribution in [3.8, 4) is 5.75 Å². The van der Waals surface area contributed by atoms with Crippen LogP contribution in [-0.4, -0.2) is 41.0 Å². The quantitative estimate of drug-likeness (QED) is 0.244. The number of amides is 2. The van der Waals surface area contributed by atoms with Crippen molar-refractivity contribution < 1.29 is 23.9 Å². The second kappa shape index (κ2) is 8.58. The molecule has 1 aliphatic heterocycles. The first-order valence-corrected chi connectivity index (χ1v) is 10.1. The monoisotopic (exact) mass is 431 g/mol. The van der Waals surface area contributed by atoms with Gasteiger partial charge in [0, 0.05) is 45.8 Å². The molecular formula is C24H21N3O5. The van der Waals surface area contributed by atoms with Gasteiger partial charge in [0.2, 0.25) is 5.95 Å². The van der Waals surface area contributed by atoms with Crippen molar-refractivity contribution in [1.82, 2.24) is 9.97 Å². The number of esters is 1. The molecule has 3 aromatic rings. The maximum absolute atomic E-state index is 13.3. The molecule has 2 amide bonds. The fourth-order valence-electron chi connectivity index (χ4n) is 3.66. The molecule has 162 valence electrons. The Balaban J connectivity index is 1.65. The van der Waals surface area contributed by atoms with E-state index in [1.807, 2.05) is 0 Å². The van der Waals surface area contributed by atoms with Gasteiger partial charge >= 0.3 is 5.97 Å². The van der Waals surface area contributed by atoms with Crippen LogP contribution in [-0.2, 0) is 9.53 Å². The maximum atomic E-state index is 13.3. The van der Waals surface area contributed by atoms with Crippen LogP contribution in [0.5, 0.6) is 5.75 Å². The van der Waals surface area contributed by atoms with Gasteiger partial charge in [-0.05, 0) is 38.1 Å². The molecule has 1 aliphatic rings. The average Bonchev–Trinajstić information content (AvgIpc) is 2.76. The average molecular weight is 431 g/mol. The molecule has 8 heteroatoms. The van der Waals surface area contributed by atoms with E-state index in [9.17, 15) is 14.4 Å². The first kappa shape index (κ1) is 21.2. The number of ether oxygens (including phenoxy) is 2. The highest BCUT2D eigenvalue weighted by Gasteiger charge is 2.36. The van der Waals surface area contributed by atoms with Gasteiger partial charge in [-0.3, -0.25) is 9.59 Å². The molecule has 0 unspecified atom stereocenters. The Morgan fingerprint density at radius 2 is 1.72 bits per heavy atom. The summed E-state index contributed by atoms with van der Waals surface area (Å²) in [6.45, 7) is 7.42. The molecular weight excluding hydrogens is 410 g/mol. The molecule has 1 aromatic heterocycles. The van der Waals surface area contributed by atoms with Crippen molar-refractivity contribution in [2.24, 2.45) is 0 Å². The van der Waals surface area contributed by atoms with Gasteiger partial charge in [-0.2, -0.15) is 0 Å². The fraction of sp³-hybridized carbons (Fsp3) is 0.208. The number of benzene rings is 2. The Morgan fingerprint density at radius 3 is 2.41 bits per heavy atom. The first-order valence-electron chi connectivity index (χ1n) is 10.1. The third-order valence-corrected chi connectivity index (χ3v) is 5.00. The summed E-state index contributed by atoms with van der Waals surface area (Å²) in [5, 5.41) is 1.20. The van der Waals surface area contributed by atoms with Crippen LogP contribution in [0.25, 0.3) is 10.8 Å². The molecule has 0 fully saturated rings. The molecule has 0 radical (unpaired) electrons. The summed E-state index contributed by atoms with van der Waals surface area (Å²) >= 11 is 0. The van der Waals surface area contributed by atoms with Crippen molar-refractivity contribution in [2.45, 2.75) is 20.3 Å². The van der Waals surface area contributed by atoms with E-state index in [1.165, 1.54) is 0 Å². The maximum Gasteiger partial charge on any atom is 0.330 e. The highest BCUT2D eigenvalue weighted by atomic mass is 16.5. The topological polar surface area (TPSA) is 98.7 Å². The highest BCUT2D eigenvalue weighted by Crippen LogP contribution is 2.36. The van der Waals surface area contributed by atoms with E-state index in [4.69, 9.17) is 9.47 Å². The molecule has 0 saturated heterocycles. The predicted molar refractivity (Wildman–Crippen MR) is 118 cm³/mol. The van der Waals surface area contributed by atoms with Crippen LogP contribution in [0.1, 0.15) is 38.5 Å². The Labute approximate surface area is 184 Å². The number of imide groups is 1.